The average molecular weight is 233 g/mol. The van der Waals surface area contributed by atoms with Crippen LogP contribution in [0.3, 0.4) is 0 Å². The maximum Gasteiger partial charge on any atom is 0.170 e. The van der Waals surface area contributed by atoms with Crippen LogP contribution in [0, 0.1) is 0 Å². The number of benzene rings is 1. The first-order valence-electron chi connectivity index (χ1n) is 4.12. The molecule has 0 saturated heterocycles. The number of halogens is 2. The van der Waals surface area contributed by atoms with Crippen LogP contribution in [0.1, 0.15) is 6.42 Å². The van der Waals surface area contributed by atoms with Gasteiger partial charge in [-0.1, -0.05) is 18.2 Å². The van der Waals surface area contributed by atoms with Gasteiger partial charge in [0.2, 0.25) is 0 Å². The summed E-state index contributed by atoms with van der Waals surface area (Å²) in [6.45, 7) is -1.38. The predicted molar refractivity (Wildman–Crippen MR) is 57.5 cm³/mol. The summed E-state index contributed by atoms with van der Waals surface area (Å²) in [7, 11) is 0. The third kappa shape index (κ3) is 2.26. The minimum absolute atomic E-state index is 0. The fraction of sp³-hybridized carbons (Fsp3) is 0.200. The van der Waals surface area contributed by atoms with Crippen molar-refractivity contribution in [3.8, 4) is 0 Å². The lowest BCUT2D eigenvalue weighted by molar-refractivity contribution is -0.00000228. The van der Waals surface area contributed by atoms with Crippen LogP contribution >= 0.6 is 17.9 Å². The quantitative estimate of drug-likeness (QED) is 0.616. The highest BCUT2D eigenvalue weighted by atomic mass is 35.7. The van der Waals surface area contributed by atoms with E-state index in [9.17, 15) is 0 Å². The largest absolute Gasteiger partial charge is 1.00 e. The minimum Gasteiger partial charge on any atom is -1.00 e. The van der Waals surface area contributed by atoms with Gasteiger partial charge in [-0.05, 0) is 18.2 Å². The monoisotopic (exact) mass is 232 g/mol. The lowest BCUT2D eigenvalue weighted by Crippen LogP contribution is -3.00. The minimum atomic E-state index is -1.38. The topological polar surface area (TPSA) is 0 Å². The van der Waals surface area contributed by atoms with E-state index in [1.54, 1.807) is 0 Å². The summed E-state index contributed by atoms with van der Waals surface area (Å²) >= 11 is 6.52. The van der Waals surface area contributed by atoms with Crippen molar-refractivity contribution in [2.75, 3.05) is 6.16 Å². The zero-order valence-corrected chi connectivity index (χ0v) is 9.57. The van der Waals surface area contributed by atoms with E-state index in [0.29, 0.717) is 0 Å². The van der Waals surface area contributed by atoms with Crippen LogP contribution in [-0.4, -0.2) is 6.16 Å². The van der Waals surface area contributed by atoms with Gasteiger partial charge in [0.25, 0.3) is 0 Å². The van der Waals surface area contributed by atoms with E-state index in [1.807, 2.05) is 6.07 Å². The third-order valence-corrected chi connectivity index (χ3v) is 6.33. The molecule has 0 nitrogen and oxygen atoms in total. The van der Waals surface area contributed by atoms with E-state index in [0.717, 1.165) is 12.6 Å². The highest BCUT2D eigenvalue weighted by molar-refractivity contribution is 8.06. The molecule has 1 heterocycles. The molecule has 1 atom stereocenters. The van der Waals surface area contributed by atoms with Crippen LogP contribution in [-0.2, 0) is 0 Å². The molecule has 1 aliphatic rings. The smallest absolute Gasteiger partial charge is 0.170 e. The van der Waals surface area contributed by atoms with Crippen LogP contribution in [0.15, 0.2) is 42.2 Å². The molecule has 1 aromatic rings. The van der Waals surface area contributed by atoms with Crippen LogP contribution in [0.5, 0.6) is 0 Å². The molecule has 0 bridgehead atoms. The maximum atomic E-state index is 6.52. The van der Waals surface area contributed by atoms with Gasteiger partial charge in [0.15, 0.2) is 6.62 Å². The van der Waals surface area contributed by atoms with Crippen molar-refractivity contribution in [2.45, 2.75) is 6.42 Å². The SMILES string of the molecule is Cl[P+]1(c2ccccc2)C=CCC1.[Cl-]. The van der Waals surface area contributed by atoms with Gasteiger partial charge in [-0.15, -0.1) is 0 Å². The Kier molecular flexibility index (Phi) is 3.79. The fourth-order valence-electron chi connectivity index (χ4n) is 1.47. The van der Waals surface area contributed by atoms with Crippen LogP contribution in [0.25, 0.3) is 0 Å². The van der Waals surface area contributed by atoms with Gasteiger partial charge in [0, 0.05) is 6.42 Å². The summed E-state index contributed by atoms with van der Waals surface area (Å²) < 4.78 is 0. The van der Waals surface area contributed by atoms with Crippen LogP contribution < -0.4 is 17.7 Å². The molecule has 0 aliphatic carbocycles. The molecule has 0 amide bonds. The van der Waals surface area contributed by atoms with Gasteiger partial charge >= 0.3 is 0 Å². The fourth-order valence-corrected chi connectivity index (χ4v) is 4.59. The Morgan fingerprint density at radius 3 is 2.38 bits per heavy atom. The molecule has 3 heteroatoms. The van der Waals surface area contributed by atoms with Crippen LogP contribution in [0.2, 0.25) is 0 Å². The molecule has 1 aliphatic heterocycles. The molecule has 0 saturated carbocycles. The first kappa shape index (κ1) is 11.0. The second-order valence-corrected chi connectivity index (χ2v) is 7.62. The maximum absolute atomic E-state index is 6.52. The number of allylic oxidation sites excluding steroid dienone is 1. The van der Waals surface area contributed by atoms with Crippen molar-refractivity contribution in [2.24, 2.45) is 0 Å². The molecular weight excluding hydrogens is 222 g/mol. The van der Waals surface area contributed by atoms with Gasteiger partial charge in [-0.3, -0.25) is 0 Å². The third-order valence-electron chi connectivity index (χ3n) is 2.15. The normalized spacial score (nSPS) is 25.6. The van der Waals surface area contributed by atoms with Crippen molar-refractivity contribution >= 4 is 23.2 Å². The molecule has 13 heavy (non-hydrogen) atoms. The first-order chi connectivity index (χ1) is 5.81. The molecule has 0 fully saturated rings. The lowest BCUT2D eigenvalue weighted by Gasteiger charge is -2.08. The Morgan fingerprint density at radius 2 is 1.85 bits per heavy atom. The number of hydrogen-bond donors (Lipinski definition) is 0. The average Bonchev–Trinajstić information content (AvgIpc) is 2.55. The Morgan fingerprint density at radius 1 is 1.15 bits per heavy atom. The summed E-state index contributed by atoms with van der Waals surface area (Å²) in [6, 6.07) is 10.4. The molecule has 0 aromatic heterocycles. The van der Waals surface area contributed by atoms with E-state index in [1.165, 1.54) is 5.30 Å². The number of hydrogen-bond acceptors (Lipinski definition) is 0. The number of rotatable bonds is 1. The van der Waals surface area contributed by atoms with Crippen molar-refractivity contribution < 1.29 is 12.4 Å². The second kappa shape index (κ2) is 4.46. The summed E-state index contributed by atoms with van der Waals surface area (Å²) in [6.07, 6.45) is 4.48. The lowest BCUT2D eigenvalue weighted by atomic mass is 10.4. The van der Waals surface area contributed by atoms with Gasteiger partial charge in [0.05, 0.1) is 23.2 Å². The van der Waals surface area contributed by atoms with Gasteiger partial charge in [-0.2, -0.15) is 0 Å². The van der Waals surface area contributed by atoms with Crippen molar-refractivity contribution in [1.29, 1.82) is 0 Å². The molecule has 0 N–H and O–H groups in total. The van der Waals surface area contributed by atoms with Gasteiger partial charge in [0.1, 0.15) is 5.30 Å². The zero-order chi connectivity index (χ0) is 8.44. The molecule has 1 aromatic carbocycles. The Labute approximate surface area is 90.5 Å². The first-order valence-corrected chi connectivity index (χ1v) is 7.07. The van der Waals surface area contributed by atoms with Gasteiger partial charge < -0.3 is 12.4 Å². The highest BCUT2D eigenvalue weighted by Crippen LogP contribution is 2.67. The Bertz CT molecular complexity index is 297. The van der Waals surface area contributed by atoms with E-state index < -0.39 is 6.62 Å². The highest BCUT2D eigenvalue weighted by Gasteiger charge is 2.38. The Balaban J connectivity index is 0.000000845. The van der Waals surface area contributed by atoms with E-state index in [4.69, 9.17) is 11.2 Å². The molecule has 0 spiro atoms. The molecule has 0 radical (unpaired) electrons. The van der Waals surface area contributed by atoms with Crippen molar-refractivity contribution in [1.82, 2.24) is 0 Å². The zero-order valence-electron chi connectivity index (χ0n) is 7.16. The molecular formula is C10H11Cl2P. The predicted octanol–water partition coefficient (Wildman–Crippen LogP) is 0.405. The van der Waals surface area contributed by atoms with Crippen molar-refractivity contribution in [3.05, 3.63) is 42.2 Å². The second-order valence-electron chi connectivity index (χ2n) is 3.00. The summed E-state index contributed by atoms with van der Waals surface area (Å²) in [5.74, 6) is 2.21. The summed E-state index contributed by atoms with van der Waals surface area (Å²) in [5.41, 5.74) is 0. The summed E-state index contributed by atoms with van der Waals surface area (Å²) in [4.78, 5) is 0. The van der Waals surface area contributed by atoms with Crippen LogP contribution in [0.4, 0.5) is 0 Å². The molecule has 2 rings (SSSR count). The molecule has 1 unspecified atom stereocenters. The van der Waals surface area contributed by atoms with Gasteiger partial charge in [-0.25, -0.2) is 0 Å². The van der Waals surface area contributed by atoms with Crippen molar-refractivity contribution in [3.63, 3.8) is 0 Å². The van der Waals surface area contributed by atoms with E-state index >= 15 is 0 Å². The van der Waals surface area contributed by atoms with E-state index in [-0.39, 0.29) is 12.4 Å². The summed E-state index contributed by atoms with van der Waals surface area (Å²) in [5, 5.41) is 1.32. The van der Waals surface area contributed by atoms with E-state index in [2.05, 4.69) is 36.2 Å². The Hall–Kier alpha value is -0.0300. The standard InChI is InChI=1S/C10H11ClP.ClH/c11-12(8-4-5-9-12)10-6-2-1-3-7-10;/h1-4,6-8H,5,9H2;1H/q+1;/p-1. The molecule has 70 valence electrons.